The molecule has 0 aromatic carbocycles. The van der Waals surface area contributed by atoms with E-state index in [9.17, 15) is 9.59 Å². The number of Topliss-reactive ketones (excluding diaryl/α,β-unsaturated/α-hetero) is 1. The number of rotatable bonds is 7. The largest absolute Gasteiger partial charge is 0.353 e. The Balaban J connectivity index is 1.97. The maximum Gasteiger partial charge on any atom is 0.234 e. The first-order valence-electron chi connectivity index (χ1n) is 7.99. The number of aromatic nitrogens is 1. The fraction of sp³-hybridized carbons (Fsp3) is 0.647. The van der Waals surface area contributed by atoms with Gasteiger partial charge in [0.05, 0.1) is 13.1 Å². The smallest absolute Gasteiger partial charge is 0.234 e. The average Bonchev–Trinajstić information content (AvgIpc) is 3.14. The minimum Gasteiger partial charge on any atom is -0.353 e. The van der Waals surface area contributed by atoms with Crippen molar-refractivity contribution in [3.8, 4) is 0 Å². The Kier molecular flexibility index (Phi) is 5.06. The number of likely N-dealkylation sites (N-methyl/N-ethyl adjacent to an activating group) is 1. The molecule has 0 bridgehead atoms. The summed E-state index contributed by atoms with van der Waals surface area (Å²) < 4.78 is 2.28. The standard InChI is InChI=1S/C17H27N3O2/c1-11(2)18-17(22)10-19(5)9-16(21)15-8-12(3)20(13(15)4)14-6-7-14/h8,11,14H,6-7,9-10H2,1-5H3,(H,18,22). The highest BCUT2D eigenvalue weighted by Crippen LogP contribution is 2.38. The highest BCUT2D eigenvalue weighted by Gasteiger charge is 2.28. The lowest BCUT2D eigenvalue weighted by Gasteiger charge is -2.16. The molecule has 1 aliphatic rings. The summed E-state index contributed by atoms with van der Waals surface area (Å²) in [7, 11) is 1.80. The van der Waals surface area contributed by atoms with Gasteiger partial charge in [0.2, 0.25) is 5.91 Å². The minimum atomic E-state index is -0.0475. The minimum absolute atomic E-state index is 0.0475. The van der Waals surface area contributed by atoms with Crippen LogP contribution in [0.25, 0.3) is 0 Å². The third kappa shape index (κ3) is 3.97. The second-order valence-corrected chi connectivity index (χ2v) is 6.70. The number of aryl methyl sites for hydroxylation is 1. The fourth-order valence-electron chi connectivity index (χ4n) is 2.95. The lowest BCUT2D eigenvalue weighted by molar-refractivity contribution is -0.122. The van der Waals surface area contributed by atoms with Gasteiger partial charge in [0, 0.05) is 29.0 Å². The number of hydrogen-bond acceptors (Lipinski definition) is 3. The molecule has 5 nitrogen and oxygen atoms in total. The van der Waals surface area contributed by atoms with Crippen LogP contribution in [0, 0.1) is 13.8 Å². The van der Waals surface area contributed by atoms with Crippen molar-refractivity contribution in [1.29, 1.82) is 0 Å². The number of nitrogens with one attached hydrogen (secondary N) is 1. The first-order valence-corrected chi connectivity index (χ1v) is 7.99. The van der Waals surface area contributed by atoms with E-state index in [4.69, 9.17) is 0 Å². The summed E-state index contributed by atoms with van der Waals surface area (Å²) in [4.78, 5) is 26.0. The zero-order chi connectivity index (χ0) is 16.4. The Hall–Kier alpha value is -1.62. The SMILES string of the molecule is Cc1cc(C(=O)CN(C)CC(=O)NC(C)C)c(C)n1C1CC1. The van der Waals surface area contributed by atoms with Gasteiger partial charge in [-0.2, -0.15) is 0 Å². The van der Waals surface area contributed by atoms with Gasteiger partial charge < -0.3 is 9.88 Å². The molecular formula is C17H27N3O2. The predicted molar refractivity (Wildman–Crippen MR) is 87.3 cm³/mol. The second kappa shape index (κ2) is 6.65. The maximum absolute atomic E-state index is 12.5. The lowest BCUT2D eigenvalue weighted by atomic mass is 10.1. The van der Waals surface area contributed by atoms with Crippen molar-refractivity contribution >= 4 is 11.7 Å². The monoisotopic (exact) mass is 305 g/mol. The number of carbonyl (C=O) groups excluding carboxylic acids is 2. The first-order chi connectivity index (χ1) is 10.3. The van der Waals surface area contributed by atoms with E-state index in [1.165, 1.54) is 12.8 Å². The summed E-state index contributed by atoms with van der Waals surface area (Å²) in [6, 6.07) is 2.68. The van der Waals surface area contributed by atoms with Gasteiger partial charge in [-0.05, 0) is 53.7 Å². The molecule has 0 atom stereocenters. The molecule has 122 valence electrons. The summed E-state index contributed by atoms with van der Waals surface area (Å²) in [5.74, 6) is 0.0357. The van der Waals surface area contributed by atoms with Crippen molar-refractivity contribution in [1.82, 2.24) is 14.8 Å². The molecule has 0 spiro atoms. The number of ketones is 1. The van der Waals surface area contributed by atoms with Crippen LogP contribution in [-0.2, 0) is 4.79 Å². The molecular weight excluding hydrogens is 278 g/mol. The van der Waals surface area contributed by atoms with Crippen molar-refractivity contribution in [2.24, 2.45) is 0 Å². The van der Waals surface area contributed by atoms with E-state index in [-0.39, 0.29) is 30.8 Å². The molecule has 1 aromatic heterocycles. The molecule has 0 unspecified atom stereocenters. The van der Waals surface area contributed by atoms with E-state index in [0.29, 0.717) is 6.04 Å². The highest BCUT2D eigenvalue weighted by atomic mass is 16.2. The average molecular weight is 305 g/mol. The van der Waals surface area contributed by atoms with E-state index in [1.807, 2.05) is 26.8 Å². The van der Waals surface area contributed by atoms with Gasteiger partial charge in [0.15, 0.2) is 5.78 Å². The van der Waals surface area contributed by atoms with Crippen molar-refractivity contribution < 1.29 is 9.59 Å². The van der Waals surface area contributed by atoms with Crippen LogP contribution in [0.3, 0.4) is 0 Å². The van der Waals surface area contributed by atoms with Gasteiger partial charge in [0.1, 0.15) is 0 Å². The summed E-state index contributed by atoms with van der Waals surface area (Å²) in [5, 5.41) is 2.84. The Bertz CT molecular complexity index is 571. The molecule has 1 amide bonds. The van der Waals surface area contributed by atoms with Crippen LogP contribution in [0.15, 0.2) is 6.07 Å². The van der Waals surface area contributed by atoms with Crippen molar-refractivity contribution in [2.75, 3.05) is 20.1 Å². The van der Waals surface area contributed by atoms with Crippen LogP contribution in [0.2, 0.25) is 0 Å². The molecule has 1 aliphatic carbocycles. The third-order valence-electron chi connectivity index (χ3n) is 3.97. The van der Waals surface area contributed by atoms with Gasteiger partial charge >= 0.3 is 0 Å². The highest BCUT2D eigenvalue weighted by molar-refractivity contribution is 5.99. The summed E-state index contributed by atoms with van der Waals surface area (Å²) in [5.41, 5.74) is 3.01. The Morgan fingerprint density at radius 1 is 1.32 bits per heavy atom. The van der Waals surface area contributed by atoms with Crippen molar-refractivity contribution in [3.63, 3.8) is 0 Å². The molecule has 0 saturated heterocycles. The van der Waals surface area contributed by atoms with Gasteiger partial charge in [-0.25, -0.2) is 0 Å². The fourth-order valence-corrected chi connectivity index (χ4v) is 2.95. The van der Waals surface area contributed by atoms with Gasteiger partial charge in [0.25, 0.3) is 0 Å². The van der Waals surface area contributed by atoms with Crippen LogP contribution < -0.4 is 5.32 Å². The third-order valence-corrected chi connectivity index (χ3v) is 3.97. The quantitative estimate of drug-likeness (QED) is 0.785. The van der Waals surface area contributed by atoms with Crippen LogP contribution in [0.1, 0.15) is 54.5 Å². The van der Waals surface area contributed by atoms with Crippen LogP contribution in [0.4, 0.5) is 0 Å². The van der Waals surface area contributed by atoms with Gasteiger partial charge in [-0.1, -0.05) is 0 Å². The van der Waals surface area contributed by atoms with Crippen molar-refractivity contribution in [2.45, 2.75) is 52.6 Å². The van der Waals surface area contributed by atoms with Gasteiger partial charge in [-0.15, -0.1) is 0 Å². The van der Waals surface area contributed by atoms with Crippen molar-refractivity contribution in [3.05, 3.63) is 23.0 Å². The number of carbonyl (C=O) groups is 2. The summed E-state index contributed by atoms with van der Waals surface area (Å²) in [6.45, 7) is 8.43. The number of nitrogens with zero attached hydrogens (tertiary/aromatic N) is 2. The van der Waals surface area contributed by atoms with Gasteiger partial charge in [-0.3, -0.25) is 14.5 Å². The molecule has 1 heterocycles. The molecule has 22 heavy (non-hydrogen) atoms. The number of amides is 1. The molecule has 1 saturated carbocycles. The molecule has 2 rings (SSSR count). The maximum atomic E-state index is 12.5. The summed E-state index contributed by atoms with van der Waals surface area (Å²) >= 11 is 0. The van der Waals surface area contributed by atoms with E-state index in [1.54, 1.807) is 11.9 Å². The van der Waals surface area contributed by atoms with Crippen LogP contribution in [-0.4, -0.2) is 47.3 Å². The Morgan fingerprint density at radius 2 is 1.95 bits per heavy atom. The molecule has 1 N–H and O–H groups in total. The number of hydrogen-bond donors (Lipinski definition) is 1. The van der Waals surface area contributed by atoms with Crippen LogP contribution >= 0.6 is 0 Å². The van der Waals surface area contributed by atoms with Crippen LogP contribution in [0.5, 0.6) is 0 Å². The Morgan fingerprint density at radius 3 is 2.50 bits per heavy atom. The zero-order valence-corrected chi connectivity index (χ0v) is 14.3. The second-order valence-electron chi connectivity index (χ2n) is 6.70. The van der Waals surface area contributed by atoms with E-state index in [0.717, 1.165) is 17.0 Å². The van der Waals surface area contributed by atoms with E-state index >= 15 is 0 Å². The molecule has 5 heteroatoms. The van der Waals surface area contributed by atoms with E-state index in [2.05, 4.69) is 16.8 Å². The molecule has 1 aromatic rings. The molecule has 1 fully saturated rings. The first kappa shape index (κ1) is 16.7. The molecule has 0 aliphatic heterocycles. The topological polar surface area (TPSA) is 54.3 Å². The lowest BCUT2D eigenvalue weighted by Crippen LogP contribution is -2.40. The zero-order valence-electron chi connectivity index (χ0n) is 14.3. The van der Waals surface area contributed by atoms with E-state index < -0.39 is 0 Å². The molecule has 0 radical (unpaired) electrons. The normalized spacial score (nSPS) is 14.7. The Labute approximate surface area is 132 Å². The summed E-state index contributed by atoms with van der Waals surface area (Å²) in [6.07, 6.45) is 2.42. The predicted octanol–water partition coefficient (Wildman–Crippen LogP) is 2.08.